The van der Waals surface area contributed by atoms with Gasteiger partial charge in [0, 0.05) is 17.3 Å². The van der Waals surface area contributed by atoms with Crippen molar-refractivity contribution in [2.45, 2.75) is 31.3 Å². The van der Waals surface area contributed by atoms with E-state index in [2.05, 4.69) is 10.2 Å². The summed E-state index contributed by atoms with van der Waals surface area (Å²) in [5.41, 5.74) is 0.646. The largest absolute Gasteiger partial charge is 0.492 e. The van der Waals surface area contributed by atoms with E-state index < -0.39 is 17.2 Å². The molecule has 2 aromatic carbocycles. The minimum Gasteiger partial charge on any atom is -0.492 e. The lowest BCUT2D eigenvalue weighted by molar-refractivity contribution is -0.136. The summed E-state index contributed by atoms with van der Waals surface area (Å²) in [6.07, 6.45) is -3.11. The number of carbonyl (C=O) groups is 1. The van der Waals surface area contributed by atoms with Gasteiger partial charge in [0.2, 0.25) is 5.91 Å². The number of ether oxygens (including phenoxy) is 1. The lowest BCUT2D eigenvalue weighted by atomic mass is 9.71. The number of rotatable bonds is 5. The first-order chi connectivity index (χ1) is 14.7. The van der Waals surface area contributed by atoms with Crippen molar-refractivity contribution in [3.8, 4) is 5.75 Å². The molecule has 2 aliphatic rings. The molecule has 9 heteroatoms. The summed E-state index contributed by atoms with van der Waals surface area (Å²) in [4.78, 5) is 14.9. The lowest BCUT2D eigenvalue weighted by Gasteiger charge is -2.38. The SMILES string of the molecule is C[B]c1ccc(OCCN2CCC3(CC2)C(=O)Nc2ccc(Cl)cc23)cc1C(F)(F)F. The zero-order valence-electron chi connectivity index (χ0n) is 17.1. The van der Waals surface area contributed by atoms with Crippen molar-refractivity contribution in [1.82, 2.24) is 4.90 Å². The van der Waals surface area contributed by atoms with Crippen LogP contribution in [0.4, 0.5) is 18.9 Å². The van der Waals surface area contributed by atoms with Gasteiger partial charge in [0.15, 0.2) is 0 Å². The number of halogens is 4. The van der Waals surface area contributed by atoms with Crippen LogP contribution in [0.15, 0.2) is 36.4 Å². The van der Waals surface area contributed by atoms with Crippen molar-refractivity contribution >= 4 is 35.9 Å². The smallest absolute Gasteiger partial charge is 0.416 e. The maximum atomic E-state index is 13.2. The van der Waals surface area contributed by atoms with Crippen LogP contribution in [0.5, 0.6) is 5.75 Å². The zero-order valence-corrected chi connectivity index (χ0v) is 17.8. The van der Waals surface area contributed by atoms with Crippen molar-refractivity contribution in [2.75, 3.05) is 31.6 Å². The molecular formula is C22H22BClF3N2O2. The second-order valence-corrected chi connectivity index (χ2v) is 8.39. The number of amides is 1. The predicted octanol–water partition coefficient (Wildman–Crippen LogP) is 4.10. The molecule has 0 unspecified atom stereocenters. The van der Waals surface area contributed by atoms with E-state index in [-0.39, 0.29) is 23.7 Å². The Hall–Kier alpha value is -2.19. The average molecular weight is 450 g/mol. The Morgan fingerprint density at radius 2 is 1.94 bits per heavy atom. The molecule has 0 atom stereocenters. The lowest BCUT2D eigenvalue weighted by Crippen LogP contribution is -2.47. The number of anilines is 1. The van der Waals surface area contributed by atoms with Gasteiger partial charge in [-0.3, -0.25) is 9.69 Å². The standard InChI is InChI=1S/C22H22BClF3N2O2/c1-23-18-4-3-15(13-16(18)22(25,26)27)31-11-10-29-8-6-21(7-9-29)17-12-14(24)2-5-19(17)28-20(21)30/h2-5,12-13H,6-11H2,1H3,(H,28,30). The van der Waals surface area contributed by atoms with E-state index in [9.17, 15) is 18.0 Å². The number of carbonyl (C=O) groups excluding carboxylic acids is 1. The van der Waals surface area contributed by atoms with Crippen LogP contribution in [0.25, 0.3) is 0 Å². The average Bonchev–Trinajstić information content (AvgIpc) is 3.00. The van der Waals surface area contributed by atoms with Gasteiger partial charge >= 0.3 is 6.18 Å². The van der Waals surface area contributed by atoms with Crippen LogP contribution in [-0.4, -0.2) is 44.3 Å². The van der Waals surface area contributed by atoms with Gasteiger partial charge < -0.3 is 10.1 Å². The van der Waals surface area contributed by atoms with E-state index in [1.54, 1.807) is 19.0 Å². The van der Waals surface area contributed by atoms with Gasteiger partial charge in [-0.1, -0.05) is 30.0 Å². The fourth-order valence-electron chi connectivity index (χ4n) is 4.46. The van der Waals surface area contributed by atoms with E-state index >= 15 is 0 Å². The molecule has 0 saturated carbocycles. The fourth-order valence-corrected chi connectivity index (χ4v) is 4.63. The van der Waals surface area contributed by atoms with Crippen molar-refractivity contribution in [3.63, 3.8) is 0 Å². The maximum absolute atomic E-state index is 13.2. The Morgan fingerprint density at radius 3 is 2.61 bits per heavy atom. The van der Waals surface area contributed by atoms with Crippen molar-refractivity contribution in [2.24, 2.45) is 0 Å². The second-order valence-electron chi connectivity index (χ2n) is 7.95. The summed E-state index contributed by atoms with van der Waals surface area (Å²) in [7, 11) is 1.43. The van der Waals surface area contributed by atoms with Crippen molar-refractivity contribution in [1.29, 1.82) is 0 Å². The van der Waals surface area contributed by atoms with E-state index in [1.807, 2.05) is 12.1 Å². The van der Waals surface area contributed by atoms with Gasteiger partial charge in [-0.2, -0.15) is 13.2 Å². The third-order valence-electron chi connectivity index (χ3n) is 6.21. The highest BCUT2D eigenvalue weighted by Crippen LogP contribution is 2.45. The van der Waals surface area contributed by atoms with Crippen molar-refractivity contribution in [3.05, 3.63) is 52.5 Å². The molecule has 0 bridgehead atoms. The molecule has 0 aliphatic carbocycles. The highest BCUT2D eigenvalue weighted by atomic mass is 35.5. The molecule has 4 nitrogen and oxygen atoms in total. The van der Waals surface area contributed by atoms with Crippen LogP contribution in [0.1, 0.15) is 24.0 Å². The van der Waals surface area contributed by atoms with E-state index in [0.717, 1.165) is 17.3 Å². The molecule has 1 saturated heterocycles. The number of fused-ring (bicyclic) bond motifs is 2. The Bertz CT molecular complexity index is 991. The summed E-state index contributed by atoms with van der Waals surface area (Å²) in [6.45, 7) is 3.81. The third-order valence-corrected chi connectivity index (χ3v) is 6.44. The van der Waals surface area contributed by atoms with E-state index in [4.69, 9.17) is 16.3 Å². The van der Waals surface area contributed by atoms with Gasteiger partial charge in [0.05, 0.1) is 11.0 Å². The van der Waals surface area contributed by atoms with Crippen LogP contribution >= 0.6 is 11.6 Å². The molecule has 163 valence electrons. The third kappa shape index (κ3) is 4.28. The molecule has 1 spiro atoms. The van der Waals surface area contributed by atoms with Crippen LogP contribution in [-0.2, 0) is 16.4 Å². The Balaban J connectivity index is 1.35. The van der Waals surface area contributed by atoms with E-state index in [0.29, 0.717) is 37.5 Å². The number of alkyl halides is 3. The monoisotopic (exact) mass is 449 g/mol. The summed E-state index contributed by atoms with van der Waals surface area (Å²) in [5, 5.41) is 3.56. The first-order valence-electron chi connectivity index (χ1n) is 10.2. The highest BCUT2D eigenvalue weighted by Gasteiger charge is 2.48. The summed E-state index contributed by atoms with van der Waals surface area (Å²) in [6, 6.07) is 9.49. The number of nitrogens with one attached hydrogen (secondary N) is 1. The van der Waals surface area contributed by atoms with Gasteiger partial charge in [-0.05, 0) is 61.8 Å². The van der Waals surface area contributed by atoms with Crippen molar-refractivity contribution < 1.29 is 22.7 Å². The maximum Gasteiger partial charge on any atom is 0.416 e. The molecule has 2 heterocycles. The zero-order chi connectivity index (χ0) is 22.2. The molecule has 1 N–H and O–H groups in total. The molecule has 1 fully saturated rings. The number of benzene rings is 2. The van der Waals surface area contributed by atoms with Gasteiger partial charge in [0.25, 0.3) is 0 Å². The molecule has 2 aliphatic heterocycles. The van der Waals surface area contributed by atoms with Crippen LogP contribution in [0, 0.1) is 0 Å². The Labute approximate surface area is 184 Å². The number of hydrogen-bond donors (Lipinski definition) is 1. The fraction of sp³-hybridized carbons (Fsp3) is 0.409. The number of likely N-dealkylation sites (tertiary alicyclic amines) is 1. The Kier molecular flexibility index (Phi) is 5.96. The summed E-state index contributed by atoms with van der Waals surface area (Å²) < 4.78 is 45.2. The van der Waals surface area contributed by atoms with Crippen LogP contribution in [0.2, 0.25) is 11.8 Å². The summed E-state index contributed by atoms with van der Waals surface area (Å²) in [5.74, 6) is 0.207. The number of hydrogen-bond acceptors (Lipinski definition) is 3. The molecular weight excluding hydrogens is 428 g/mol. The van der Waals surface area contributed by atoms with E-state index in [1.165, 1.54) is 13.3 Å². The van der Waals surface area contributed by atoms with Crippen LogP contribution in [0.3, 0.4) is 0 Å². The number of nitrogens with zero attached hydrogens (tertiary/aromatic N) is 1. The van der Waals surface area contributed by atoms with Crippen LogP contribution < -0.4 is 15.5 Å². The molecule has 4 rings (SSSR count). The topological polar surface area (TPSA) is 41.6 Å². The first-order valence-corrected chi connectivity index (χ1v) is 10.6. The second kappa shape index (κ2) is 8.39. The Morgan fingerprint density at radius 1 is 1.19 bits per heavy atom. The molecule has 2 aromatic rings. The molecule has 0 aromatic heterocycles. The normalized spacial score (nSPS) is 18.0. The molecule has 31 heavy (non-hydrogen) atoms. The molecule has 1 radical (unpaired) electrons. The minimum absolute atomic E-state index is 0.00756. The number of piperidine rings is 1. The highest BCUT2D eigenvalue weighted by molar-refractivity contribution is 6.52. The van der Waals surface area contributed by atoms with Gasteiger partial charge in [0.1, 0.15) is 19.6 Å². The van der Waals surface area contributed by atoms with Gasteiger partial charge in [-0.15, -0.1) is 0 Å². The predicted molar refractivity (Wildman–Crippen MR) is 116 cm³/mol. The minimum atomic E-state index is -4.43. The summed E-state index contributed by atoms with van der Waals surface area (Å²) >= 11 is 6.15. The van der Waals surface area contributed by atoms with Gasteiger partial charge in [-0.25, -0.2) is 0 Å². The quantitative estimate of drug-likeness (QED) is 0.699. The first kappa shape index (κ1) is 22.0. The molecule has 1 amide bonds.